The summed E-state index contributed by atoms with van der Waals surface area (Å²) >= 11 is 0. The zero-order valence-electron chi connectivity index (χ0n) is 21.7. The summed E-state index contributed by atoms with van der Waals surface area (Å²) < 4.78 is 29.7. The zero-order chi connectivity index (χ0) is 27.8. The van der Waals surface area contributed by atoms with Crippen molar-refractivity contribution in [2.24, 2.45) is 10.9 Å². The lowest BCUT2D eigenvalue weighted by Gasteiger charge is -2.19. The first kappa shape index (κ1) is 25.2. The number of pyridine rings is 3. The van der Waals surface area contributed by atoms with Gasteiger partial charge in [0.2, 0.25) is 5.91 Å². The van der Waals surface area contributed by atoms with E-state index >= 15 is 4.39 Å². The topological polar surface area (TPSA) is 121 Å². The number of hydrogen-bond acceptors (Lipinski definition) is 7. The summed E-state index contributed by atoms with van der Waals surface area (Å²) in [6, 6.07) is 9.40. The monoisotopic (exact) mass is 538 g/mol. The quantitative estimate of drug-likeness (QED) is 0.260. The number of rotatable bonds is 6. The van der Waals surface area contributed by atoms with Crippen LogP contribution >= 0.6 is 0 Å². The number of benzene rings is 1. The molecule has 0 saturated carbocycles. The molecule has 0 unspecified atom stereocenters. The number of H-pyrrole nitrogens is 1. The second-order valence-corrected chi connectivity index (χ2v) is 9.81. The van der Waals surface area contributed by atoms with Gasteiger partial charge in [0.1, 0.15) is 35.3 Å². The van der Waals surface area contributed by atoms with Crippen LogP contribution in [0.15, 0.2) is 66.2 Å². The molecular formula is C29H24F2N8O. The van der Waals surface area contributed by atoms with E-state index in [4.69, 9.17) is 4.98 Å². The molecule has 9 nitrogen and oxygen atoms in total. The highest BCUT2D eigenvalue weighted by molar-refractivity contribution is 6.16. The number of amides is 1. The van der Waals surface area contributed by atoms with E-state index in [1.54, 1.807) is 30.5 Å². The van der Waals surface area contributed by atoms with Crippen molar-refractivity contribution >= 4 is 34.2 Å². The van der Waals surface area contributed by atoms with Crippen LogP contribution < -0.4 is 10.6 Å². The SMILES string of the molecule is CC(C)CC(=O)Nc1cncc(-c2cnc3c(c2F)C(c2nc4c(-c5ccc(F)cc5)nccc4[nH]2)=NCN3)c1. The summed E-state index contributed by atoms with van der Waals surface area (Å²) in [5.41, 5.74) is 4.05. The van der Waals surface area contributed by atoms with Gasteiger partial charge in [0, 0.05) is 41.7 Å². The zero-order valence-corrected chi connectivity index (χ0v) is 21.7. The predicted octanol–water partition coefficient (Wildman–Crippen LogP) is 5.57. The molecule has 6 rings (SSSR count). The molecule has 0 spiro atoms. The van der Waals surface area contributed by atoms with Crippen molar-refractivity contribution in [1.29, 1.82) is 0 Å². The Morgan fingerprint density at radius 2 is 1.88 bits per heavy atom. The minimum absolute atomic E-state index is 0.143. The van der Waals surface area contributed by atoms with Gasteiger partial charge in [-0.3, -0.25) is 19.8 Å². The van der Waals surface area contributed by atoms with Crippen LogP contribution in [0.5, 0.6) is 0 Å². The minimum Gasteiger partial charge on any atom is -0.350 e. The van der Waals surface area contributed by atoms with Crippen molar-refractivity contribution in [3.63, 3.8) is 0 Å². The molecule has 3 N–H and O–H groups in total. The van der Waals surface area contributed by atoms with Gasteiger partial charge in [0.05, 0.1) is 28.7 Å². The van der Waals surface area contributed by atoms with E-state index in [0.717, 1.165) is 0 Å². The lowest BCUT2D eigenvalue weighted by molar-refractivity contribution is -0.116. The summed E-state index contributed by atoms with van der Waals surface area (Å²) in [5, 5.41) is 5.83. The van der Waals surface area contributed by atoms with Crippen molar-refractivity contribution < 1.29 is 13.6 Å². The van der Waals surface area contributed by atoms with Crippen molar-refractivity contribution in [2.45, 2.75) is 20.3 Å². The molecule has 5 heterocycles. The lowest BCUT2D eigenvalue weighted by atomic mass is 10.0. The third kappa shape index (κ3) is 4.77. The number of aromatic amines is 1. The van der Waals surface area contributed by atoms with Gasteiger partial charge in [-0.2, -0.15) is 0 Å². The smallest absolute Gasteiger partial charge is 0.224 e. The first-order chi connectivity index (χ1) is 19.4. The van der Waals surface area contributed by atoms with Crippen LogP contribution in [0, 0.1) is 17.6 Å². The highest BCUT2D eigenvalue weighted by Gasteiger charge is 2.27. The maximum absolute atomic E-state index is 16.2. The van der Waals surface area contributed by atoms with Gasteiger partial charge < -0.3 is 15.6 Å². The van der Waals surface area contributed by atoms with Crippen LogP contribution in [-0.2, 0) is 4.79 Å². The Morgan fingerprint density at radius 3 is 2.67 bits per heavy atom. The van der Waals surface area contributed by atoms with Crippen molar-refractivity contribution in [1.82, 2.24) is 24.9 Å². The number of carbonyl (C=O) groups excluding carboxylic acids is 1. The molecule has 40 heavy (non-hydrogen) atoms. The van der Waals surface area contributed by atoms with Crippen LogP contribution in [-0.4, -0.2) is 43.2 Å². The first-order valence-electron chi connectivity index (χ1n) is 12.7. The summed E-state index contributed by atoms with van der Waals surface area (Å²) in [5.74, 6) is -0.171. The maximum Gasteiger partial charge on any atom is 0.224 e. The van der Waals surface area contributed by atoms with Gasteiger partial charge in [-0.25, -0.2) is 18.7 Å². The van der Waals surface area contributed by atoms with Crippen molar-refractivity contribution in [2.75, 3.05) is 17.3 Å². The molecule has 5 aromatic rings. The third-order valence-corrected chi connectivity index (χ3v) is 6.41. The van der Waals surface area contributed by atoms with Gasteiger partial charge in [0.15, 0.2) is 5.82 Å². The van der Waals surface area contributed by atoms with E-state index < -0.39 is 5.82 Å². The van der Waals surface area contributed by atoms with E-state index in [0.29, 0.717) is 57.3 Å². The molecule has 4 aromatic heterocycles. The largest absolute Gasteiger partial charge is 0.350 e. The standard InChI is InChI=1S/C29H24F2N8O/c1-15(2)9-22(40)37-19-10-17(11-32-12-19)20-13-34-28-23(24(20)31)27(35-14-36-28)29-38-21-7-8-33-25(26(21)39-29)16-3-5-18(30)6-4-16/h3-8,10-13,15H,9,14H2,1-2H3,(H,34,36)(H,37,40)(H,38,39). The van der Waals surface area contributed by atoms with Gasteiger partial charge in [-0.1, -0.05) is 13.8 Å². The highest BCUT2D eigenvalue weighted by atomic mass is 19.1. The van der Waals surface area contributed by atoms with Crippen LogP contribution in [0.25, 0.3) is 33.4 Å². The Hall–Kier alpha value is -5.06. The predicted molar refractivity (Wildman–Crippen MR) is 149 cm³/mol. The number of nitrogens with one attached hydrogen (secondary N) is 3. The summed E-state index contributed by atoms with van der Waals surface area (Å²) in [7, 11) is 0. The molecule has 0 fully saturated rings. The summed E-state index contributed by atoms with van der Waals surface area (Å²) in [4.78, 5) is 37.8. The van der Waals surface area contributed by atoms with E-state index in [2.05, 4.69) is 35.6 Å². The number of imidazole rings is 1. The molecule has 0 bridgehead atoms. The van der Waals surface area contributed by atoms with Crippen molar-refractivity contribution in [3.05, 3.63) is 84.2 Å². The van der Waals surface area contributed by atoms with Crippen LogP contribution in [0.1, 0.15) is 31.7 Å². The number of halogens is 2. The second-order valence-electron chi connectivity index (χ2n) is 9.81. The fourth-order valence-electron chi connectivity index (χ4n) is 4.61. The third-order valence-electron chi connectivity index (χ3n) is 6.41. The number of hydrogen-bond donors (Lipinski definition) is 3. The molecule has 1 aromatic carbocycles. The fourth-order valence-corrected chi connectivity index (χ4v) is 4.61. The molecule has 11 heteroatoms. The highest BCUT2D eigenvalue weighted by Crippen LogP contribution is 2.33. The molecule has 1 aliphatic rings. The molecule has 200 valence electrons. The number of anilines is 2. The molecular weight excluding hydrogens is 514 g/mol. The number of aromatic nitrogens is 5. The number of carbonyl (C=O) groups is 1. The average Bonchev–Trinajstić information content (AvgIpc) is 3.38. The first-order valence-corrected chi connectivity index (χ1v) is 12.7. The Balaban J connectivity index is 1.39. The minimum atomic E-state index is -0.555. The van der Waals surface area contributed by atoms with Gasteiger partial charge in [-0.05, 0) is 42.3 Å². The lowest BCUT2D eigenvalue weighted by Crippen LogP contribution is -2.21. The Kier molecular flexibility index (Phi) is 6.47. The maximum atomic E-state index is 16.2. The molecule has 0 radical (unpaired) electrons. The fraction of sp³-hybridized carbons (Fsp3) is 0.172. The van der Waals surface area contributed by atoms with E-state index in [9.17, 15) is 9.18 Å². The Morgan fingerprint density at radius 1 is 1.05 bits per heavy atom. The Labute approximate surface area is 227 Å². The van der Waals surface area contributed by atoms with Crippen molar-refractivity contribution in [3.8, 4) is 22.4 Å². The number of aliphatic imine (C=N–C) groups is 1. The van der Waals surface area contributed by atoms with E-state index in [1.807, 2.05) is 13.8 Å². The van der Waals surface area contributed by atoms with E-state index in [1.165, 1.54) is 30.7 Å². The second kappa shape index (κ2) is 10.3. The average molecular weight is 539 g/mol. The van der Waals surface area contributed by atoms with Crippen LogP contribution in [0.2, 0.25) is 0 Å². The summed E-state index contributed by atoms with van der Waals surface area (Å²) in [6.45, 7) is 4.10. The molecule has 0 atom stereocenters. The van der Waals surface area contributed by atoms with Crippen LogP contribution in [0.3, 0.4) is 0 Å². The molecule has 1 aliphatic heterocycles. The normalized spacial score (nSPS) is 12.7. The molecule has 0 aliphatic carbocycles. The number of nitrogens with zero attached hydrogens (tertiary/aromatic N) is 5. The Bertz CT molecular complexity index is 1780. The van der Waals surface area contributed by atoms with Gasteiger partial charge in [0.25, 0.3) is 0 Å². The van der Waals surface area contributed by atoms with E-state index in [-0.39, 0.29) is 35.4 Å². The summed E-state index contributed by atoms with van der Waals surface area (Å²) in [6.07, 6.45) is 6.44. The molecule has 1 amide bonds. The van der Waals surface area contributed by atoms with Gasteiger partial charge >= 0.3 is 0 Å². The number of fused-ring (bicyclic) bond motifs is 2. The van der Waals surface area contributed by atoms with Gasteiger partial charge in [-0.15, -0.1) is 0 Å². The molecule has 0 saturated heterocycles. The van der Waals surface area contributed by atoms with Crippen LogP contribution in [0.4, 0.5) is 20.3 Å².